The summed E-state index contributed by atoms with van der Waals surface area (Å²) in [6.07, 6.45) is 4.41. The second-order valence-corrected chi connectivity index (χ2v) is 10.9. The minimum Gasteiger partial charge on any atom is -0.370 e. The molecule has 0 aliphatic rings. The standard InChI is InChI=1S/C29H46N10O4S/c1-2-24(40)22(15-18-9-4-3-5-10-18)38-26(42)21(12-6-7-13-30)37-27(43)23(16-19-17-35-29(44)36-19)39-25(41)20(31)11-8-14-34-28(32)33/h3-5,9-10,17,20-23H,2,6-8,11-16,30-31H2,1H3,(H,37,43)(H,38,42)(H,39,41)(H4,32,33,34)(H2,35,36,44). The van der Waals surface area contributed by atoms with Crippen molar-refractivity contribution in [2.75, 3.05) is 13.1 Å². The van der Waals surface area contributed by atoms with E-state index >= 15 is 0 Å². The number of H-pyrrole nitrogens is 2. The van der Waals surface area contributed by atoms with Crippen LogP contribution in [0.25, 0.3) is 0 Å². The molecule has 242 valence electrons. The summed E-state index contributed by atoms with van der Waals surface area (Å²) in [5, 5.41) is 8.33. The predicted octanol–water partition coefficient (Wildman–Crippen LogP) is -0.199. The number of rotatable bonds is 20. The number of guanidine groups is 1. The van der Waals surface area contributed by atoms with Crippen LogP contribution in [0.2, 0.25) is 0 Å². The maximum Gasteiger partial charge on any atom is 0.243 e. The van der Waals surface area contributed by atoms with Crippen molar-refractivity contribution in [3.05, 3.63) is 52.6 Å². The minimum absolute atomic E-state index is 0.0491. The third kappa shape index (κ3) is 13.1. The molecule has 0 aliphatic heterocycles. The number of carbonyl (C=O) groups excluding carboxylic acids is 4. The maximum atomic E-state index is 13.6. The summed E-state index contributed by atoms with van der Waals surface area (Å²) in [4.78, 5) is 62.5. The molecule has 15 heteroatoms. The summed E-state index contributed by atoms with van der Waals surface area (Å²) >= 11 is 5.10. The van der Waals surface area contributed by atoms with Crippen LogP contribution < -0.4 is 38.9 Å². The molecule has 4 atom stereocenters. The highest BCUT2D eigenvalue weighted by Crippen LogP contribution is 2.09. The molecule has 44 heavy (non-hydrogen) atoms. The number of hydrogen-bond acceptors (Lipinski definition) is 8. The molecule has 3 amide bonds. The van der Waals surface area contributed by atoms with E-state index in [0.717, 1.165) is 5.56 Å². The number of unbranched alkanes of at least 4 members (excludes halogenated alkanes) is 1. The highest BCUT2D eigenvalue weighted by Gasteiger charge is 2.30. The predicted molar refractivity (Wildman–Crippen MR) is 172 cm³/mol. The SMILES string of the molecule is CCC(=O)C(Cc1ccccc1)NC(=O)C(CCCCN)NC(=O)C(Cc1c[nH]c(=S)[nH]1)NC(=O)C(N)CCCN=C(N)N. The van der Waals surface area contributed by atoms with Crippen molar-refractivity contribution in [2.24, 2.45) is 27.9 Å². The second kappa shape index (κ2) is 19.2. The summed E-state index contributed by atoms with van der Waals surface area (Å²) in [5.74, 6) is -1.83. The Labute approximate surface area is 262 Å². The van der Waals surface area contributed by atoms with E-state index in [4.69, 9.17) is 35.2 Å². The Balaban J connectivity index is 2.21. The Morgan fingerprint density at radius 3 is 2.16 bits per heavy atom. The first-order valence-electron chi connectivity index (χ1n) is 14.8. The number of aromatic amines is 2. The van der Waals surface area contributed by atoms with Gasteiger partial charge in [-0.25, -0.2) is 0 Å². The number of benzene rings is 1. The monoisotopic (exact) mass is 630 g/mol. The first-order valence-corrected chi connectivity index (χ1v) is 15.2. The van der Waals surface area contributed by atoms with Crippen LogP contribution in [-0.4, -0.2) is 76.7 Å². The van der Waals surface area contributed by atoms with Gasteiger partial charge in [-0.2, -0.15) is 0 Å². The van der Waals surface area contributed by atoms with Gasteiger partial charge in [-0.15, -0.1) is 0 Å². The van der Waals surface area contributed by atoms with Crippen molar-refractivity contribution in [2.45, 2.75) is 82.5 Å². The van der Waals surface area contributed by atoms with Crippen molar-refractivity contribution >= 4 is 41.7 Å². The Morgan fingerprint density at radius 2 is 1.55 bits per heavy atom. The van der Waals surface area contributed by atoms with Crippen molar-refractivity contribution in [3.63, 3.8) is 0 Å². The Hall–Kier alpha value is -4.08. The summed E-state index contributed by atoms with van der Waals surface area (Å²) in [5.41, 5.74) is 23.9. The van der Waals surface area contributed by atoms with E-state index < -0.39 is 41.9 Å². The van der Waals surface area contributed by atoms with Crippen LogP contribution in [0.4, 0.5) is 0 Å². The van der Waals surface area contributed by atoms with Gasteiger partial charge in [-0.1, -0.05) is 37.3 Å². The molecule has 0 bridgehead atoms. The number of nitrogens with zero attached hydrogens (tertiary/aromatic N) is 1. The number of imidazole rings is 1. The number of ketones is 1. The molecular formula is C29H46N10O4S. The molecule has 1 heterocycles. The number of hydrogen-bond donors (Lipinski definition) is 9. The van der Waals surface area contributed by atoms with Crippen molar-refractivity contribution in [1.29, 1.82) is 0 Å². The first-order chi connectivity index (χ1) is 21.0. The van der Waals surface area contributed by atoms with Gasteiger partial charge in [-0.05, 0) is 62.9 Å². The van der Waals surface area contributed by atoms with Crippen molar-refractivity contribution < 1.29 is 19.2 Å². The van der Waals surface area contributed by atoms with Crippen LogP contribution in [0.15, 0.2) is 41.5 Å². The van der Waals surface area contributed by atoms with Crippen LogP contribution in [0.3, 0.4) is 0 Å². The number of aromatic nitrogens is 2. The number of nitrogens with two attached hydrogens (primary N) is 4. The molecule has 13 N–H and O–H groups in total. The van der Waals surface area contributed by atoms with Crippen LogP contribution in [0.1, 0.15) is 56.7 Å². The fraction of sp³-hybridized carbons (Fsp3) is 0.517. The molecule has 2 aromatic rings. The van der Waals surface area contributed by atoms with Crippen molar-refractivity contribution in [1.82, 2.24) is 25.9 Å². The zero-order chi connectivity index (χ0) is 32.5. The number of amides is 3. The van der Waals surface area contributed by atoms with E-state index in [2.05, 4.69) is 30.9 Å². The number of nitrogens with one attached hydrogen (secondary N) is 5. The lowest BCUT2D eigenvalue weighted by Crippen LogP contribution is -2.57. The van der Waals surface area contributed by atoms with Gasteiger partial charge < -0.3 is 48.9 Å². The molecule has 0 radical (unpaired) electrons. The molecule has 0 aliphatic carbocycles. The van der Waals surface area contributed by atoms with Gasteiger partial charge >= 0.3 is 0 Å². The molecule has 2 rings (SSSR count). The van der Waals surface area contributed by atoms with Crippen LogP contribution in [0.5, 0.6) is 0 Å². The third-order valence-corrected chi connectivity index (χ3v) is 7.15. The fourth-order valence-electron chi connectivity index (χ4n) is 4.49. The van der Waals surface area contributed by atoms with E-state index in [9.17, 15) is 19.2 Å². The van der Waals surface area contributed by atoms with Gasteiger partial charge in [-0.3, -0.25) is 24.2 Å². The minimum atomic E-state index is -1.09. The first kappa shape index (κ1) is 36.1. The molecule has 1 aromatic carbocycles. The molecule has 4 unspecified atom stereocenters. The van der Waals surface area contributed by atoms with Crippen molar-refractivity contribution in [3.8, 4) is 0 Å². The average Bonchev–Trinajstić information content (AvgIpc) is 3.42. The van der Waals surface area contributed by atoms with Crippen LogP contribution >= 0.6 is 12.2 Å². The summed E-state index contributed by atoms with van der Waals surface area (Å²) in [6, 6.07) is 5.61. The number of aliphatic imine (C=N–C) groups is 1. The third-order valence-electron chi connectivity index (χ3n) is 6.93. The summed E-state index contributed by atoms with van der Waals surface area (Å²) in [7, 11) is 0. The molecule has 0 saturated carbocycles. The second-order valence-electron chi connectivity index (χ2n) is 10.5. The molecule has 1 aromatic heterocycles. The topological polar surface area (TPSA) is 252 Å². The van der Waals surface area contributed by atoms with E-state index in [-0.39, 0.29) is 37.4 Å². The lowest BCUT2D eigenvalue weighted by Gasteiger charge is -2.26. The Morgan fingerprint density at radius 1 is 0.886 bits per heavy atom. The van der Waals surface area contributed by atoms with Gasteiger partial charge in [0.05, 0.1) is 12.1 Å². The maximum absolute atomic E-state index is 13.6. The quantitative estimate of drug-likeness (QED) is 0.0406. The van der Waals surface area contributed by atoms with E-state index in [1.807, 2.05) is 30.3 Å². The lowest BCUT2D eigenvalue weighted by atomic mass is 9.99. The molecule has 0 spiro atoms. The molecule has 0 fully saturated rings. The molecular weight excluding hydrogens is 584 g/mol. The zero-order valence-corrected chi connectivity index (χ0v) is 26.0. The largest absolute Gasteiger partial charge is 0.370 e. The summed E-state index contributed by atoms with van der Waals surface area (Å²) in [6.45, 7) is 2.45. The lowest BCUT2D eigenvalue weighted by molar-refractivity contribution is -0.133. The zero-order valence-electron chi connectivity index (χ0n) is 25.1. The van der Waals surface area contributed by atoms with E-state index in [1.165, 1.54) is 0 Å². The van der Waals surface area contributed by atoms with Crippen LogP contribution in [-0.2, 0) is 32.0 Å². The normalized spacial score (nSPS) is 13.6. The van der Waals surface area contributed by atoms with E-state index in [1.54, 1.807) is 13.1 Å². The smallest absolute Gasteiger partial charge is 0.243 e. The van der Waals surface area contributed by atoms with Gasteiger partial charge in [0, 0.05) is 31.3 Å². The van der Waals surface area contributed by atoms with Gasteiger partial charge in [0.2, 0.25) is 17.7 Å². The highest BCUT2D eigenvalue weighted by molar-refractivity contribution is 7.71. The fourth-order valence-corrected chi connectivity index (χ4v) is 4.68. The molecule has 14 nitrogen and oxygen atoms in total. The van der Waals surface area contributed by atoms with Crippen LogP contribution in [0, 0.1) is 4.77 Å². The highest BCUT2D eigenvalue weighted by atomic mass is 32.1. The van der Waals surface area contributed by atoms with Gasteiger partial charge in [0.15, 0.2) is 16.5 Å². The Kier molecular flexibility index (Phi) is 15.8. The summed E-state index contributed by atoms with van der Waals surface area (Å²) < 4.78 is 0.353. The average molecular weight is 631 g/mol. The van der Waals surface area contributed by atoms with Gasteiger partial charge in [0.25, 0.3) is 0 Å². The van der Waals surface area contributed by atoms with Gasteiger partial charge in [0.1, 0.15) is 12.1 Å². The van der Waals surface area contributed by atoms with E-state index in [0.29, 0.717) is 49.2 Å². The molecule has 0 saturated heterocycles. The number of carbonyl (C=O) groups is 4. The Bertz CT molecular complexity index is 1290. The number of Topliss-reactive ketones (excluding diaryl/α,β-unsaturated/α-hetero) is 1.